The molecular weight excluding hydrogens is 370 g/mol. The molecule has 1 aliphatic carbocycles. The summed E-state index contributed by atoms with van der Waals surface area (Å²) in [6.45, 7) is 3.21. The van der Waals surface area contributed by atoms with E-state index < -0.39 is 0 Å². The zero-order valence-corrected chi connectivity index (χ0v) is 17.1. The molecule has 5 rings (SSSR count). The normalized spacial score (nSPS) is 22.6. The fraction of sp³-hybridized carbons (Fsp3) is 0.545. The summed E-state index contributed by atoms with van der Waals surface area (Å²) in [5, 5.41) is 11.3. The number of likely N-dealkylation sites (tertiary alicyclic amines) is 1. The summed E-state index contributed by atoms with van der Waals surface area (Å²) < 4.78 is 7.50. The van der Waals surface area contributed by atoms with E-state index in [9.17, 15) is 14.7 Å². The number of aliphatic hydroxyl groups excluding tert-OH is 1. The minimum absolute atomic E-state index is 0.0520. The third-order valence-corrected chi connectivity index (χ3v) is 6.95. The van der Waals surface area contributed by atoms with E-state index in [1.165, 1.54) is 5.56 Å². The molecule has 2 aromatic rings. The number of fused-ring (bicyclic) bond motifs is 4. The highest BCUT2D eigenvalue weighted by Crippen LogP contribution is 2.50. The van der Waals surface area contributed by atoms with Crippen molar-refractivity contribution in [1.29, 1.82) is 0 Å². The fourth-order valence-corrected chi connectivity index (χ4v) is 5.38. The average molecular weight is 397 g/mol. The summed E-state index contributed by atoms with van der Waals surface area (Å²) >= 11 is 0. The van der Waals surface area contributed by atoms with Crippen LogP contribution < -0.4 is 4.74 Å². The molecular formula is C22H27N3O4. The number of aliphatic hydroxyl groups is 1. The van der Waals surface area contributed by atoms with Crippen molar-refractivity contribution in [3.63, 3.8) is 0 Å². The molecule has 0 radical (unpaired) electrons. The molecule has 154 valence electrons. The first-order valence-electron chi connectivity index (χ1n) is 10.2. The Hall–Kier alpha value is -2.54. The quantitative estimate of drug-likeness (QED) is 0.853. The molecule has 1 N–H and O–H groups in total. The van der Waals surface area contributed by atoms with Gasteiger partial charge in [0.15, 0.2) is 0 Å². The zero-order chi connectivity index (χ0) is 20.5. The molecule has 1 aromatic carbocycles. The Morgan fingerprint density at radius 3 is 2.55 bits per heavy atom. The second-order valence-corrected chi connectivity index (χ2v) is 8.80. The molecule has 2 fully saturated rings. The molecule has 0 bridgehead atoms. The first-order valence-corrected chi connectivity index (χ1v) is 10.2. The van der Waals surface area contributed by atoms with Crippen LogP contribution in [0.4, 0.5) is 0 Å². The molecule has 29 heavy (non-hydrogen) atoms. The van der Waals surface area contributed by atoms with E-state index in [4.69, 9.17) is 4.74 Å². The average Bonchev–Trinajstić information content (AvgIpc) is 3.50. The zero-order valence-electron chi connectivity index (χ0n) is 17.1. The van der Waals surface area contributed by atoms with E-state index in [0.29, 0.717) is 19.6 Å². The van der Waals surface area contributed by atoms with Crippen LogP contribution in [0.1, 0.15) is 37.1 Å². The summed E-state index contributed by atoms with van der Waals surface area (Å²) in [5.41, 5.74) is 2.88. The lowest BCUT2D eigenvalue weighted by Gasteiger charge is -2.56. The maximum Gasteiger partial charge on any atom is 0.225 e. The van der Waals surface area contributed by atoms with Crippen LogP contribution in [0.3, 0.4) is 0 Å². The number of benzene rings is 1. The lowest BCUT2D eigenvalue weighted by molar-refractivity contribution is -0.145. The number of amides is 2. The van der Waals surface area contributed by atoms with Crippen LogP contribution in [0.15, 0.2) is 18.2 Å². The van der Waals surface area contributed by atoms with Crippen molar-refractivity contribution in [3.05, 3.63) is 29.5 Å². The van der Waals surface area contributed by atoms with Gasteiger partial charge in [-0.05, 0) is 30.5 Å². The van der Waals surface area contributed by atoms with Gasteiger partial charge in [-0.3, -0.25) is 9.59 Å². The van der Waals surface area contributed by atoms with Gasteiger partial charge in [0.2, 0.25) is 11.8 Å². The number of aromatic nitrogens is 1. The Kier molecular flexibility index (Phi) is 3.97. The Bertz CT molecular complexity index is 1020. The molecule has 2 amide bonds. The van der Waals surface area contributed by atoms with Crippen LogP contribution in [0.5, 0.6) is 5.75 Å². The van der Waals surface area contributed by atoms with Gasteiger partial charge in [0.1, 0.15) is 5.75 Å². The number of methoxy groups -OCH3 is 1. The van der Waals surface area contributed by atoms with Crippen LogP contribution >= 0.6 is 0 Å². The third-order valence-electron chi connectivity index (χ3n) is 6.95. The smallest absolute Gasteiger partial charge is 0.225 e. The molecule has 3 heterocycles. The summed E-state index contributed by atoms with van der Waals surface area (Å²) in [4.78, 5) is 28.8. The lowest BCUT2D eigenvalue weighted by Crippen LogP contribution is -2.68. The van der Waals surface area contributed by atoms with Gasteiger partial charge in [0.25, 0.3) is 0 Å². The molecule has 2 aliphatic heterocycles. The van der Waals surface area contributed by atoms with Gasteiger partial charge in [-0.1, -0.05) is 0 Å². The molecule has 7 heteroatoms. The van der Waals surface area contributed by atoms with Crippen molar-refractivity contribution in [3.8, 4) is 5.75 Å². The highest BCUT2D eigenvalue weighted by Gasteiger charge is 2.56. The Morgan fingerprint density at radius 1 is 1.24 bits per heavy atom. The largest absolute Gasteiger partial charge is 0.497 e. The van der Waals surface area contributed by atoms with Crippen molar-refractivity contribution >= 4 is 22.7 Å². The summed E-state index contributed by atoms with van der Waals surface area (Å²) in [6.07, 6.45) is 1.99. The number of hydrogen-bond donors (Lipinski definition) is 1. The SMILES string of the molecule is COc1ccc2c3c(n(C)c2c1)[C@H](CO)N(C(C)=O)CC31CN(C(=O)C2CC2)C1. The number of nitrogens with zero attached hydrogens (tertiary/aromatic N) is 3. The van der Waals surface area contributed by atoms with Crippen molar-refractivity contribution in [2.75, 3.05) is 33.4 Å². The van der Waals surface area contributed by atoms with Gasteiger partial charge in [0, 0.05) is 56.7 Å². The molecule has 1 atom stereocenters. The number of carbonyl (C=O) groups excluding carboxylic acids is 2. The van der Waals surface area contributed by atoms with Crippen LogP contribution in [-0.2, 0) is 22.1 Å². The molecule has 1 saturated heterocycles. The van der Waals surface area contributed by atoms with Crippen LogP contribution in [0.2, 0.25) is 0 Å². The molecule has 3 aliphatic rings. The van der Waals surface area contributed by atoms with Crippen molar-refractivity contribution in [2.24, 2.45) is 13.0 Å². The van der Waals surface area contributed by atoms with Crippen molar-refractivity contribution < 1.29 is 19.4 Å². The predicted molar refractivity (Wildman–Crippen MR) is 108 cm³/mol. The van der Waals surface area contributed by atoms with E-state index in [1.807, 2.05) is 24.1 Å². The lowest BCUT2D eigenvalue weighted by atomic mass is 9.68. The maximum atomic E-state index is 12.6. The highest BCUT2D eigenvalue weighted by atomic mass is 16.5. The molecule has 1 aromatic heterocycles. The number of aryl methyl sites for hydroxylation is 1. The van der Waals surface area contributed by atoms with Gasteiger partial charge < -0.3 is 24.2 Å². The molecule has 0 unspecified atom stereocenters. The number of ether oxygens (including phenoxy) is 1. The van der Waals surface area contributed by atoms with E-state index in [0.717, 1.165) is 35.2 Å². The Morgan fingerprint density at radius 2 is 1.97 bits per heavy atom. The highest BCUT2D eigenvalue weighted by molar-refractivity contribution is 5.91. The molecule has 1 saturated carbocycles. The van der Waals surface area contributed by atoms with Gasteiger partial charge in [-0.15, -0.1) is 0 Å². The van der Waals surface area contributed by atoms with Gasteiger partial charge in [-0.2, -0.15) is 0 Å². The summed E-state index contributed by atoms with van der Waals surface area (Å²) in [7, 11) is 3.62. The first-order chi connectivity index (χ1) is 13.9. The number of carbonyl (C=O) groups is 2. The minimum Gasteiger partial charge on any atom is -0.497 e. The molecule has 7 nitrogen and oxygen atoms in total. The van der Waals surface area contributed by atoms with E-state index in [1.54, 1.807) is 18.9 Å². The fourth-order valence-electron chi connectivity index (χ4n) is 5.38. The van der Waals surface area contributed by atoms with E-state index in [2.05, 4.69) is 10.6 Å². The van der Waals surface area contributed by atoms with Crippen LogP contribution in [-0.4, -0.2) is 64.6 Å². The third kappa shape index (κ3) is 2.53. The molecule has 1 spiro atoms. The summed E-state index contributed by atoms with van der Waals surface area (Å²) in [6, 6.07) is 5.63. The number of hydrogen-bond acceptors (Lipinski definition) is 4. The minimum atomic E-state index is -0.385. The topological polar surface area (TPSA) is 75.0 Å². The number of rotatable bonds is 3. The second-order valence-electron chi connectivity index (χ2n) is 8.80. The Balaban J connectivity index is 1.67. The predicted octanol–water partition coefficient (Wildman–Crippen LogP) is 1.57. The van der Waals surface area contributed by atoms with Gasteiger partial charge >= 0.3 is 0 Å². The van der Waals surface area contributed by atoms with Crippen LogP contribution in [0.25, 0.3) is 10.9 Å². The standard InChI is InChI=1S/C22H27N3O4/c1-13(27)25-12-22(10-24(11-22)21(28)14-4-5-14)19-16-7-6-15(29-3)8-17(16)23(2)20(19)18(25)9-26/h6-8,14,18,26H,4-5,9-12H2,1-3H3/t18-/m0/s1. The van der Waals surface area contributed by atoms with Crippen molar-refractivity contribution in [2.45, 2.75) is 31.2 Å². The van der Waals surface area contributed by atoms with Gasteiger partial charge in [0.05, 0.1) is 30.7 Å². The van der Waals surface area contributed by atoms with Crippen LogP contribution in [0, 0.1) is 5.92 Å². The van der Waals surface area contributed by atoms with E-state index >= 15 is 0 Å². The Labute approximate surface area is 169 Å². The monoisotopic (exact) mass is 397 g/mol. The second kappa shape index (κ2) is 6.23. The van der Waals surface area contributed by atoms with Crippen molar-refractivity contribution in [1.82, 2.24) is 14.4 Å². The summed E-state index contributed by atoms with van der Waals surface area (Å²) in [5.74, 6) is 1.16. The maximum absolute atomic E-state index is 12.6. The van der Waals surface area contributed by atoms with E-state index in [-0.39, 0.29) is 35.8 Å². The first kappa shape index (κ1) is 18.5. The van der Waals surface area contributed by atoms with Gasteiger partial charge in [-0.25, -0.2) is 0 Å².